The molecule has 1 aliphatic carbocycles. The quantitative estimate of drug-likeness (QED) is 0.814. The Morgan fingerprint density at radius 1 is 1.42 bits per heavy atom. The number of hydrogen-bond donors (Lipinski definition) is 1. The second-order valence-corrected chi connectivity index (χ2v) is 6.44. The summed E-state index contributed by atoms with van der Waals surface area (Å²) in [6, 6.07) is 0.829. The van der Waals surface area contributed by atoms with Crippen LogP contribution in [-0.4, -0.2) is 44.6 Å². The van der Waals surface area contributed by atoms with Crippen molar-refractivity contribution in [3.05, 3.63) is 11.9 Å². The summed E-state index contributed by atoms with van der Waals surface area (Å²) in [5.74, 6) is 0. The highest BCUT2D eigenvalue weighted by atomic mass is 15.4. The van der Waals surface area contributed by atoms with E-state index in [1.807, 2.05) is 4.68 Å². The Kier molecular flexibility index (Phi) is 4.58. The standard InChI is InChI=1S/C14H27N5/c1-5-18(13-6-7-13)8-9-19-11-12(16-17-19)10-15-14(2,3)4/h11,13,15H,5-10H2,1-4H3. The molecule has 0 aromatic carbocycles. The van der Waals surface area contributed by atoms with E-state index < -0.39 is 0 Å². The molecule has 0 bridgehead atoms. The molecule has 2 rings (SSSR count). The van der Waals surface area contributed by atoms with E-state index in [1.54, 1.807) is 0 Å². The van der Waals surface area contributed by atoms with Crippen molar-refractivity contribution in [3.63, 3.8) is 0 Å². The van der Waals surface area contributed by atoms with Gasteiger partial charge in [-0.25, -0.2) is 0 Å². The molecule has 1 aromatic heterocycles. The molecule has 5 heteroatoms. The minimum Gasteiger partial charge on any atom is -0.306 e. The van der Waals surface area contributed by atoms with Crippen molar-refractivity contribution < 1.29 is 0 Å². The van der Waals surface area contributed by atoms with Gasteiger partial charge in [-0.2, -0.15) is 0 Å². The summed E-state index contributed by atoms with van der Waals surface area (Å²) in [6.07, 6.45) is 4.79. The molecule has 0 unspecified atom stereocenters. The first-order chi connectivity index (χ1) is 8.98. The molecule has 0 amide bonds. The molecule has 1 N–H and O–H groups in total. The smallest absolute Gasteiger partial charge is 0.0965 e. The van der Waals surface area contributed by atoms with Crippen LogP contribution in [0.1, 0.15) is 46.2 Å². The Morgan fingerprint density at radius 2 is 2.16 bits per heavy atom. The fraction of sp³-hybridized carbons (Fsp3) is 0.857. The van der Waals surface area contributed by atoms with Gasteiger partial charge in [-0.1, -0.05) is 12.1 Å². The van der Waals surface area contributed by atoms with Gasteiger partial charge in [0.1, 0.15) is 0 Å². The van der Waals surface area contributed by atoms with Crippen LogP contribution in [0.2, 0.25) is 0 Å². The Balaban J connectivity index is 1.77. The molecule has 1 heterocycles. The highest BCUT2D eigenvalue weighted by Crippen LogP contribution is 2.26. The van der Waals surface area contributed by atoms with E-state index in [9.17, 15) is 0 Å². The van der Waals surface area contributed by atoms with E-state index in [0.29, 0.717) is 0 Å². The van der Waals surface area contributed by atoms with E-state index in [1.165, 1.54) is 12.8 Å². The molecule has 1 aromatic rings. The van der Waals surface area contributed by atoms with Crippen LogP contribution in [0.3, 0.4) is 0 Å². The first-order valence-corrected chi connectivity index (χ1v) is 7.36. The minimum absolute atomic E-state index is 0.120. The van der Waals surface area contributed by atoms with E-state index >= 15 is 0 Å². The Hall–Kier alpha value is -0.940. The lowest BCUT2D eigenvalue weighted by Crippen LogP contribution is -2.35. The Bertz CT molecular complexity index is 389. The van der Waals surface area contributed by atoms with Gasteiger partial charge in [0, 0.05) is 30.9 Å². The molecule has 5 nitrogen and oxygen atoms in total. The maximum Gasteiger partial charge on any atom is 0.0965 e. The molecular formula is C14H27N5. The van der Waals surface area contributed by atoms with Gasteiger partial charge in [0.05, 0.1) is 12.2 Å². The largest absolute Gasteiger partial charge is 0.306 e. The normalized spacial score (nSPS) is 16.3. The molecule has 0 aliphatic heterocycles. The third-order valence-electron chi connectivity index (χ3n) is 3.47. The summed E-state index contributed by atoms with van der Waals surface area (Å²) in [7, 11) is 0. The minimum atomic E-state index is 0.120. The molecule has 0 atom stereocenters. The van der Waals surface area contributed by atoms with Crippen LogP contribution in [-0.2, 0) is 13.1 Å². The molecule has 1 saturated carbocycles. The highest BCUT2D eigenvalue weighted by Gasteiger charge is 2.27. The summed E-state index contributed by atoms with van der Waals surface area (Å²) in [4.78, 5) is 2.54. The second kappa shape index (κ2) is 6.01. The molecule has 108 valence electrons. The predicted octanol–water partition coefficient (Wildman–Crippen LogP) is 1.65. The number of hydrogen-bond acceptors (Lipinski definition) is 4. The van der Waals surface area contributed by atoms with Crippen LogP contribution in [0.15, 0.2) is 6.20 Å². The van der Waals surface area contributed by atoms with Gasteiger partial charge in [0.15, 0.2) is 0 Å². The molecule has 1 fully saturated rings. The number of likely N-dealkylation sites (N-methyl/N-ethyl adjacent to an activating group) is 1. The van der Waals surface area contributed by atoms with Crippen LogP contribution >= 0.6 is 0 Å². The van der Waals surface area contributed by atoms with Gasteiger partial charge in [0.25, 0.3) is 0 Å². The molecule has 0 saturated heterocycles. The molecular weight excluding hydrogens is 238 g/mol. The zero-order chi connectivity index (χ0) is 13.9. The Labute approximate surface area is 116 Å². The summed E-state index contributed by atoms with van der Waals surface area (Å²) >= 11 is 0. The van der Waals surface area contributed by atoms with Gasteiger partial charge in [0.2, 0.25) is 0 Å². The van der Waals surface area contributed by atoms with Crippen molar-refractivity contribution in [2.75, 3.05) is 13.1 Å². The molecule has 19 heavy (non-hydrogen) atoms. The van der Waals surface area contributed by atoms with Gasteiger partial charge < -0.3 is 5.32 Å². The van der Waals surface area contributed by atoms with Crippen LogP contribution in [0.25, 0.3) is 0 Å². The van der Waals surface area contributed by atoms with Crippen LogP contribution in [0.5, 0.6) is 0 Å². The molecule has 0 spiro atoms. The van der Waals surface area contributed by atoms with Gasteiger partial charge >= 0.3 is 0 Å². The third kappa shape index (κ3) is 4.91. The maximum atomic E-state index is 4.22. The van der Waals surface area contributed by atoms with Crippen molar-refractivity contribution in [1.29, 1.82) is 0 Å². The van der Waals surface area contributed by atoms with E-state index in [2.05, 4.69) is 54.4 Å². The topological polar surface area (TPSA) is 46.0 Å². The summed E-state index contributed by atoms with van der Waals surface area (Å²) < 4.78 is 1.96. The fourth-order valence-corrected chi connectivity index (χ4v) is 2.15. The van der Waals surface area contributed by atoms with Crippen molar-refractivity contribution in [2.45, 2.75) is 65.2 Å². The first-order valence-electron chi connectivity index (χ1n) is 7.36. The molecule has 0 radical (unpaired) electrons. The lowest BCUT2D eigenvalue weighted by atomic mass is 10.1. The first kappa shape index (κ1) is 14.5. The number of nitrogens with one attached hydrogen (secondary N) is 1. The predicted molar refractivity (Wildman–Crippen MR) is 76.9 cm³/mol. The Morgan fingerprint density at radius 3 is 2.74 bits per heavy atom. The molecule has 1 aliphatic rings. The summed E-state index contributed by atoms with van der Waals surface area (Å²) in [6.45, 7) is 12.6. The fourth-order valence-electron chi connectivity index (χ4n) is 2.15. The number of nitrogens with zero attached hydrogens (tertiary/aromatic N) is 4. The lowest BCUT2D eigenvalue weighted by Gasteiger charge is -2.19. The van der Waals surface area contributed by atoms with Crippen LogP contribution < -0.4 is 5.32 Å². The summed E-state index contributed by atoms with van der Waals surface area (Å²) in [5, 5.41) is 11.8. The van der Waals surface area contributed by atoms with E-state index in [-0.39, 0.29) is 5.54 Å². The lowest BCUT2D eigenvalue weighted by molar-refractivity contribution is 0.260. The summed E-state index contributed by atoms with van der Waals surface area (Å²) in [5.41, 5.74) is 1.14. The van der Waals surface area contributed by atoms with Gasteiger partial charge in [-0.05, 0) is 40.2 Å². The van der Waals surface area contributed by atoms with Crippen molar-refractivity contribution in [2.24, 2.45) is 0 Å². The third-order valence-corrected chi connectivity index (χ3v) is 3.47. The maximum absolute atomic E-state index is 4.22. The zero-order valence-corrected chi connectivity index (χ0v) is 12.7. The van der Waals surface area contributed by atoms with Crippen molar-refractivity contribution >= 4 is 0 Å². The van der Waals surface area contributed by atoms with Crippen molar-refractivity contribution in [3.8, 4) is 0 Å². The van der Waals surface area contributed by atoms with E-state index in [4.69, 9.17) is 0 Å². The van der Waals surface area contributed by atoms with Crippen LogP contribution in [0.4, 0.5) is 0 Å². The van der Waals surface area contributed by atoms with Gasteiger partial charge in [-0.15, -0.1) is 5.10 Å². The van der Waals surface area contributed by atoms with Gasteiger partial charge in [-0.3, -0.25) is 9.58 Å². The van der Waals surface area contributed by atoms with Crippen LogP contribution in [0, 0.1) is 0 Å². The zero-order valence-electron chi connectivity index (χ0n) is 12.7. The van der Waals surface area contributed by atoms with E-state index in [0.717, 1.165) is 37.9 Å². The SMILES string of the molecule is CCN(CCn1cc(CNC(C)(C)C)nn1)C1CC1. The number of aromatic nitrogens is 3. The monoisotopic (exact) mass is 265 g/mol. The average Bonchev–Trinajstić information content (AvgIpc) is 3.06. The number of rotatable bonds is 7. The average molecular weight is 265 g/mol. The highest BCUT2D eigenvalue weighted by molar-refractivity contribution is 4.93. The van der Waals surface area contributed by atoms with Crippen molar-refractivity contribution in [1.82, 2.24) is 25.2 Å². The second-order valence-electron chi connectivity index (χ2n) is 6.44.